The molecular formula is C16H20FN3O. The molecule has 0 radical (unpaired) electrons. The quantitative estimate of drug-likeness (QED) is 0.919. The van der Waals surface area contributed by atoms with Crippen LogP contribution in [-0.4, -0.2) is 22.4 Å². The lowest BCUT2D eigenvalue weighted by Crippen LogP contribution is -2.22. The van der Waals surface area contributed by atoms with Crippen LogP contribution in [0, 0.1) is 12.7 Å². The molecule has 4 nitrogen and oxygen atoms in total. The van der Waals surface area contributed by atoms with Crippen LogP contribution in [0.25, 0.3) is 0 Å². The summed E-state index contributed by atoms with van der Waals surface area (Å²) in [5.41, 5.74) is 3.30. The molecule has 21 heavy (non-hydrogen) atoms. The first-order valence-electron chi connectivity index (χ1n) is 7.34. The molecule has 0 saturated heterocycles. The third-order valence-corrected chi connectivity index (χ3v) is 3.91. The van der Waals surface area contributed by atoms with Crippen molar-refractivity contribution in [3.05, 3.63) is 47.0 Å². The van der Waals surface area contributed by atoms with E-state index in [1.807, 2.05) is 10.9 Å². The molecule has 1 aromatic carbocycles. The molecule has 1 aliphatic heterocycles. The summed E-state index contributed by atoms with van der Waals surface area (Å²) in [6.07, 6.45) is 2.65. The maximum Gasteiger partial charge on any atom is 0.123 e. The number of nitrogens with zero attached hydrogens (tertiary/aromatic N) is 2. The van der Waals surface area contributed by atoms with Crippen LogP contribution in [0.3, 0.4) is 0 Å². The highest BCUT2D eigenvalue weighted by atomic mass is 19.1. The van der Waals surface area contributed by atoms with Crippen LogP contribution in [0.2, 0.25) is 0 Å². The molecule has 1 aliphatic rings. The lowest BCUT2D eigenvalue weighted by atomic mass is 10.1. The van der Waals surface area contributed by atoms with E-state index >= 15 is 0 Å². The largest absolute Gasteiger partial charge is 0.488 e. The Morgan fingerprint density at radius 2 is 2.33 bits per heavy atom. The minimum absolute atomic E-state index is 0.0207. The van der Waals surface area contributed by atoms with Gasteiger partial charge >= 0.3 is 0 Å². The molecule has 0 spiro atoms. The molecule has 1 atom stereocenters. The molecule has 0 bridgehead atoms. The number of nitrogens with one attached hydrogen (secondary N) is 1. The molecule has 0 fully saturated rings. The van der Waals surface area contributed by atoms with E-state index < -0.39 is 0 Å². The van der Waals surface area contributed by atoms with Crippen molar-refractivity contribution in [1.29, 1.82) is 0 Å². The first-order chi connectivity index (χ1) is 10.2. The third kappa shape index (κ3) is 2.93. The van der Waals surface area contributed by atoms with Crippen molar-refractivity contribution in [1.82, 2.24) is 15.1 Å². The van der Waals surface area contributed by atoms with Crippen LogP contribution in [-0.2, 0) is 19.5 Å². The van der Waals surface area contributed by atoms with Crippen LogP contribution < -0.4 is 10.1 Å². The van der Waals surface area contributed by atoms with E-state index in [-0.39, 0.29) is 11.9 Å². The minimum Gasteiger partial charge on any atom is -0.488 e. The summed E-state index contributed by atoms with van der Waals surface area (Å²) in [6.45, 7) is 6.62. The fourth-order valence-electron chi connectivity index (χ4n) is 2.69. The van der Waals surface area contributed by atoms with Crippen molar-refractivity contribution in [3.63, 3.8) is 0 Å². The topological polar surface area (TPSA) is 39.1 Å². The first kappa shape index (κ1) is 14.1. The lowest BCUT2D eigenvalue weighted by molar-refractivity contribution is 0.202. The van der Waals surface area contributed by atoms with E-state index in [9.17, 15) is 4.39 Å². The van der Waals surface area contributed by atoms with Gasteiger partial charge in [-0.25, -0.2) is 4.39 Å². The maximum atomic E-state index is 13.2. The predicted molar refractivity (Wildman–Crippen MR) is 78.9 cm³/mol. The standard InChI is InChI=1S/C16H20FN3O/c1-3-18-8-13-9-19-20(11(13)2)10-15-7-12-6-14(17)4-5-16(12)21-15/h4-6,9,15,18H,3,7-8,10H2,1-2H3. The Morgan fingerprint density at radius 3 is 3.14 bits per heavy atom. The Hall–Kier alpha value is -1.88. The van der Waals surface area contributed by atoms with Gasteiger partial charge in [-0.05, 0) is 31.7 Å². The van der Waals surface area contributed by atoms with E-state index in [0.29, 0.717) is 6.54 Å². The average Bonchev–Trinajstić information content (AvgIpc) is 3.01. The number of halogens is 1. The molecular weight excluding hydrogens is 269 g/mol. The molecule has 1 unspecified atom stereocenters. The van der Waals surface area contributed by atoms with E-state index in [0.717, 1.165) is 36.5 Å². The molecule has 0 aliphatic carbocycles. The van der Waals surface area contributed by atoms with Crippen molar-refractivity contribution in [2.24, 2.45) is 0 Å². The van der Waals surface area contributed by atoms with Crippen molar-refractivity contribution in [2.75, 3.05) is 6.54 Å². The summed E-state index contributed by atoms with van der Waals surface area (Å²) in [6, 6.07) is 4.70. The predicted octanol–water partition coefficient (Wildman–Crippen LogP) is 2.44. The number of rotatable bonds is 5. The van der Waals surface area contributed by atoms with Gasteiger partial charge in [0, 0.05) is 29.8 Å². The Bertz CT molecular complexity index is 638. The van der Waals surface area contributed by atoms with Gasteiger partial charge in [0.15, 0.2) is 0 Å². The summed E-state index contributed by atoms with van der Waals surface area (Å²) < 4.78 is 21.1. The summed E-state index contributed by atoms with van der Waals surface area (Å²) >= 11 is 0. The fraction of sp³-hybridized carbons (Fsp3) is 0.438. The zero-order valence-corrected chi connectivity index (χ0v) is 12.4. The van der Waals surface area contributed by atoms with Gasteiger partial charge in [-0.1, -0.05) is 6.92 Å². The highest BCUT2D eigenvalue weighted by Crippen LogP contribution is 2.30. The van der Waals surface area contributed by atoms with Gasteiger partial charge in [-0.3, -0.25) is 4.68 Å². The van der Waals surface area contributed by atoms with E-state index in [4.69, 9.17) is 4.74 Å². The average molecular weight is 289 g/mol. The van der Waals surface area contributed by atoms with Gasteiger partial charge in [-0.15, -0.1) is 0 Å². The highest BCUT2D eigenvalue weighted by Gasteiger charge is 2.24. The Balaban J connectivity index is 1.67. The van der Waals surface area contributed by atoms with Gasteiger partial charge in [0.1, 0.15) is 17.7 Å². The smallest absolute Gasteiger partial charge is 0.123 e. The van der Waals surface area contributed by atoms with Crippen molar-refractivity contribution < 1.29 is 9.13 Å². The Morgan fingerprint density at radius 1 is 1.48 bits per heavy atom. The normalized spacial score (nSPS) is 16.8. The van der Waals surface area contributed by atoms with Gasteiger partial charge < -0.3 is 10.1 Å². The highest BCUT2D eigenvalue weighted by molar-refractivity contribution is 5.37. The van der Waals surface area contributed by atoms with E-state index in [2.05, 4.69) is 24.3 Å². The number of benzene rings is 1. The van der Waals surface area contributed by atoms with Gasteiger partial charge in [0.2, 0.25) is 0 Å². The van der Waals surface area contributed by atoms with Crippen LogP contribution in [0.5, 0.6) is 5.75 Å². The Labute approximate surface area is 123 Å². The van der Waals surface area contributed by atoms with E-state index in [1.54, 1.807) is 12.1 Å². The zero-order chi connectivity index (χ0) is 14.8. The molecule has 1 aromatic heterocycles. The van der Waals surface area contributed by atoms with Crippen molar-refractivity contribution in [2.45, 2.75) is 39.5 Å². The SMILES string of the molecule is CCNCc1cnn(CC2Cc3cc(F)ccc3O2)c1C. The first-order valence-corrected chi connectivity index (χ1v) is 7.34. The maximum absolute atomic E-state index is 13.2. The fourth-order valence-corrected chi connectivity index (χ4v) is 2.69. The second-order valence-corrected chi connectivity index (χ2v) is 5.41. The van der Waals surface area contributed by atoms with Crippen molar-refractivity contribution in [3.8, 4) is 5.75 Å². The molecule has 2 heterocycles. The summed E-state index contributed by atoms with van der Waals surface area (Å²) in [7, 11) is 0. The van der Waals surface area contributed by atoms with Crippen LogP contribution in [0.15, 0.2) is 24.4 Å². The molecule has 112 valence electrons. The number of fused-ring (bicyclic) bond motifs is 1. The number of ether oxygens (including phenoxy) is 1. The zero-order valence-electron chi connectivity index (χ0n) is 12.4. The second-order valence-electron chi connectivity index (χ2n) is 5.41. The van der Waals surface area contributed by atoms with Gasteiger partial charge in [0.05, 0.1) is 12.7 Å². The number of aromatic nitrogens is 2. The molecule has 0 saturated carbocycles. The lowest BCUT2D eigenvalue weighted by Gasteiger charge is -2.12. The molecule has 5 heteroatoms. The summed E-state index contributed by atoms with van der Waals surface area (Å²) in [5.74, 6) is 0.584. The van der Waals surface area contributed by atoms with Gasteiger partial charge in [-0.2, -0.15) is 5.10 Å². The second kappa shape index (κ2) is 5.85. The third-order valence-electron chi connectivity index (χ3n) is 3.91. The molecule has 2 aromatic rings. The molecule has 3 rings (SSSR count). The van der Waals surface area contributed by atoms with Crippen LogP contribution in [0.4, 0.5) is 4.39 Å². The Kier molecular flexibility index (Phi) is 3.92. The summed E-state index contributed by atoms with van der Waals surface area (Å²) in [4.78, 5) is 0. The summed E-state index contributed by atoms with van der Waals surface area (Å²) in [5, 5.41) is 7.74. The van der Waals surface area contributed by atoms with Crippen LogP contribution >= 0.6 is 0 Å². The minimum atomic E-state index is -0.207. The van der Waals surface area contributed by atoms with E-state index in [1.165, 1.54) is 11.6 Å². The monoisotopic (exact) mass is 289 g/mol. The van der Waals surface area contributed by atoms with Crippen LogP contribution in [0.1, 0.15) is 23.7 Å². The molecule has 0 amide bonds. The van der Waals surface area contributed by atoms with Gasteiger partial charge in [0.25, 0.3) is 0 Å². The molecule has 1 N–H and O–H groups in total. The number of hydrogen-bond acceptors (Lipinski definition) is 3. The van der Waals surface area contributed by atoms with Crippen molar-refractivity contribution >= 4 is 0 Å². The number of hydrogen-bond donors (Lipinski definition) is 1.